The number of carbonyl (C=O) groups excluding carboxylic acids is 1. The Balaban J connectivity index is 2.64. The fraction of sp³-hybridized carbons (Fsp3) is 0.429. The van der Waals surface area contributed by atoms with Crippen LogP contribution in [0.5, 0.6) is 0 Å². The number of benzene rings is 1. The highest BCUT2D eigenvalue weighted by Crippen LogP contribution is 2.11. The number of hydrogen-bond donors (Lipinski definition) is 1. The van der Waals surface area contributed by atoms with Crippen molar-refractivity contribution in [3.8, 4) is 6.07 Å². The minimum absolute atomic E-state index is 0.0218. The van der Waals surface area contributed by atoms with Crippen LogP contribution in [0.25, 0.3) is 0 Å². The van der Waals surface area contributed by atoms with Crippen molar-refractivity contribution in [3.63, 3.8) is 0 Å². The van der Waals surface area contributed by atoms with E-state index in [1.807, 2.05) is 19.9 Å². The van der Waals surface area contributed by atoms with Crippen molar-refractivity contribution in [1.82, 2.24) is 5.32 Å². The topological polar surface area (TPSA) is 52.9 Å². The van der Waals surface area contributed by atoms with Gasteiger partial charge in [0.25, 0.3) is 0 Å². The lowest BCUT2D eigenvalue weighted by atomic mass is 10.0. The van der Waals surface area contributed by atoms with E-state index < -0.39 is 5.82 Å². The van der Waals surface area contributed by atoms with Gasteiger partial charge in [0.1, 0.15) is 5.82 Å². The van der Waals surface area contributed by atoms with Crippen LogP contribution in [-0.2, 0) is 11.3 Å². The molecular weight excluding hydrogens is 231 g/mol. The first-order chi connectivity index (χ1) is 8.62. The maximum atomic E-state index is 13.6. The van der Waals surface area contributed by atoms with Gasteiger partial charge in [-0.3, -0.25) is 4.79 Å². The zero-order valence-corrected chi connectivity index (χ0v) is 10.7. The molecule has 3 nitrogen and oxygen atoms in total. The summed E-state index contributed by atoms with van der Waals surface area (Å²) >= 11 is 0. The average Bonchev–Trinajstić information content (AvgIpc) is 2.38. The Kier molecular flexibility index (Phi) is 5.31. The Morgan fingerprint density at radius 3 is 2.61 bits per heavy atom. The number of carbonyl (C=O) groups is 1. The number of amides is 1. The summed E-state index contributed by atoms with van der Waals surface area (Å²) in [6.45, 7) is 4.07. The lowest BCUT2D eigenvalue weighted by molar-refractivity contribution is -0.125. The van der Waals surface area contributed by atoms with Crippen LogP contribution in [-0.4, -0.2) is 5.91 Å². The third-order valence-corrected chi connectivity index (χ3v) is 2.99. The first-order valence-electron chi connectivity index (χ1n) is 6.08. The molecule has 0 spiro atoms. The standard InChI is InChI=1S/C14H17FN2O/c1-3-11(4-2)14(18)17-9-12-6-5-10(8-16)7-13(12)15/h5-7,11H,3-4,9H2,1-2H3,(H,17,18). The zero-order valence-electron chi connectivity index (χ0n) is 10.7. The monoisotopic (exact) mass is 248 g/mol. The Morgan fingerprint density at radius 1 is 1.44 bits per heavy atom. The molecule has 4 heteroatoms. The fourth-order valence-corrected chi connectivity index (χ4v) is 1.75. The van der Waals surface area contributed by atoms with Crippen LogP contribution >= 0.6 is 0 Å². The Bertz CT molecular complexity index is 461. The molecule has 18 heavy (non-hydrogen) atoms. The molecule has 0 aromatic heterocycles. The van der Waals surface area contributed by atoms with Crippen LogP contribution in [0.4, 0.5) is 4.39 Å². The summed E-state index contributed by atoms with van der Waals surface area (Å²) in [4.78, 5) is 11.7. The number of rotatable bonds is 5. The van der Waals surface area contributed by atoms with Gasteiger partial charge in [0.05, 0.1) is 11.6 Å². The highest BCUT2D eigenvalue weighted by molar-refractivity contribution is 5.78. The van der Waals surface area contributed by atoms with E-state index in [1.165, 1.54) is 12.1 Å². The van der Waals surface area contributed by atoms with Gasteiger partial charge >= 0.3 is 0 Å². The first kappa shape index (κ1) is 14.2. The van der Waals surface area contributed by atoms with Crippen LogP contribution in [0.15, 0.2) is 18.2 Å². The van der Waals surface area contributed by atoms with Crippen LogP contribution in [0.1, 0.15) is 37.8 Å². The molecule has 96 valence electrons. The average molecular weight is 248 g/mol. The molecule has 0 fully saturated rings. The number of nitrogens with zero attached hydrogens (tertiary/aromatic N) is 1. The summed E-state index contributed by atoms with van der Waals surface area (Å²) in [6.07, 6.45) is 1.55. The number of hydrogen-bond acceptors (Lipinski definition) is 2. The van der Waals surface area contributed by atoms with Crippen molar-refractivity contribution < 1.29 is 9.18 Å². The molecule has 1 aromatic carbocycles. The highest BCUT2D eigenvalue weighted by atomic mass is 19.1. The summed E-state index contributed by atoms with van der Waals surface area (Å²) in [6, 6.07) is 6.12. The first-order valence-corrected chi connectivity index (χ1v) is 6.08. The van der Waals surface area contributed by atoms with Crippen LogP contribution in [0.2, 0.25) is 0 Å². The van der Waals surface area contributed by atoms with E-state index >= 15 is 0 Å². The third kappa shape index (κ3) is 3.56. The van der Waals surface area contributed by atoms with Gasteiger partial charge in [-0.05, 0) is 25.0 Å². The quantitative estimate of drug-likeness (QED) is 0.871. The molecule has 0 unspecified atom stereocenters. The number of nitrogens with one attached hydrogen (secondary N) is 1. The zero-order chi connectivity index (χ0) is 13.5. The maximum Gasteiger partial charge on any atom is 0.223 e. The normalized spacial score (nSPS) is 10.2. The van der Waals surface area contributed by atoms with E-state index in [1.54, 1.807) is 6.07 Å². The Labute approximate surface area is 107 Å². The van der Waals surface area contributed by atoms with Crippen LogP contribution in [0, 0.1) is 23.1 Å². The van der Waals surface area contributed by atoms with Crippen molar-refractivity contribution in [2.75, 3.05) is 0 Å². The smallest absolute Gasteiger partial charge is 0.223 e. The summed E-state index contributed by atoms with van der Waals surface area (Å²) in [5, 5.41) is 11.3. The van der Waals surface area contributed by atoms with Crippen molar-refractivity contribution in [1.29, 1.82) is 5.26 Å². The predicted octanol–water partition coefficient (Wildman–Crippen LogP) is 2.75. The van der Waals surface area contributed by atoms with Crippen molar-refractivity contribution in [2.45, 2.75) is 33.2 Å². The lowest BCUT2D eigenvalue weighted by Gasteiger charge is -2.13. The second-order valence-corrected chi connectivity index (χ2v) is 4.15. The van der Waals surface area contributed by atoms with E-state index in [2.05, 4.69) is 5.32 Å². The molecule has 0 bridgehead atoms. The van der Waals surface area contributed by atoms with Gasteiger partial charge in [0.15, 0.2) is 0 Å². The van der Waals surface area contributed by atoms with Crippen molar-refractivity contribution in [2.24, 2.45) is 5.92 Å². The Hall–Kier alpha value is -1.89. The maximum absolute atomic E-state index is 13.6. The molecule has 0 aliphatic heterocycles. The molecule has 1 aromatic rings. The van der Waals surface area contributed by atoms with Gasteiger partial charge in [-0.2, -0.15) is 5.26 Å². The van der Waals surface area contributed by atoms with Gasteiger partial charge in [-0.15, -0.1) is 0 Å². The molecule has 0 saturated heterocycles. The van der Waals surface area contributed by atoms with E-state index in [-0.39, 0.29) is 23.9 Å². The van der Waals surface area contributed by atoms with Gasteiger partial charge in [0.2, 0.25) is 5.91 Å². The molecule has 0 saturated carbocycles. The second-order valence-electron chi connectivity index (χ2n) is 4.15. The molecule has 0 aliphatic carbocycles. The van der Waals surface area contributed by atoms with Gasteiger partial charge in [0, 0.05) is 18.0 Å². The van der Waals surface area contributed by atoms with Crippen molar-refractivity contribution in [3.05, 3.63) is 35.1 Å². The van der Waals surface area contributed by atoms with Crippen LogP contribution in [0.3, 0.4) is 0 Å². The van der Waals surface area contributed by atoms with Gasteiger partial charge < -0.3 is 5.32 Å². The minimum atomic E-state index is -0.459. The third-order valence-electron chi connectivity index (χ3n) is 2.99. The van der Waals surface area contributed by atoms with E-state index in [0.717, 1.165) is 12.8 Å². The second kappa shape index (κ2) is 6.75. The largest absolute Gasteiger partial charge is 0.352 e. The highest BCUT2D eigenvalue weighted by Gasteiger charge is 2.14. The van der Waals surface area contributed by atoms with E-state index in [0.29, 0.717) is 5.56 Å². The molecule has 0 radical (unpaired) electrons. The summed E-state index contributed by atoms with van der Waals surface area (Å²) in [5.41, 5.74) is 0.677. The molecule has 0 atom stereocenters. The summed E-state index contributed by atoms with van der Waals surface area (Å²) in [7, 11) is 0. The van der Waals surface area contributed by atoms with Gasteiger partial charge in [-0.1, -0.05) is 19.9 Å². The molecule has 1 N–H and O–H groups in total. The number of nitriles is 1. The molecule has 1 amide bonds. The fourth-order valence-electron chi connectivity index (χ4n) is 1.75. The molecule has 1 rings (SSSR count). The summed E-state index contributed by atoms with van der Waals surface area (Å²) < 4.78 is 13.6. The molecular formula is C14H17FN2O. The SMILES string of the molecule is CCC(CC)C(=O)NCc1ccc(C#N)cc1F. The van der Waals surface area contributed by atoms with Gasteiger partial charge in [-0.25, -0.2) is 4.39 Å². The Morgan fingerprint density at radius 2 is 2.11 bits per heavy atom. The molecule has 0 heterocycles. The number of halogens is 1. The lowest BCUT2D eigenvalue weighted by Crippen LogP contribution is -2.29. The molecule has 0 aliphatic rings. The van der Waals surface area contributed by atoms with Crippen molar-refractivity contribution >= 4 is 5.91 Å². The summed E-state index contributed by atoms with van der Waals surface area (Å²) in [5.74, 6) is -0.533. The predicted molar refractivity (Wildman–Crippen MR) is 67.0 cm³/mol. The van der Waals surface area contributed by atoms with Crippen LogP contribution < -0.4 is 5.32 Å². The van der Waals surface area contributed by atoms with E-state index in [9.17, 15) is 9.18 Å². The minimum Gasteiger partial charge on any atom is -0.352 e. The van der Waals surface area contributed by atoms with E-state index in [4.69, 9.17) is 5.26 Å².